The van der Waals surface area contributed by atoms with E-state index in [1.807, 2.05) is 65.0 Å². The molecule has 0 fully saturated rings. The van der Waals surface area contributed by atoms with Crippen LogP contribution in [-0.2, 0) is 16.1 Å². The lowest BCUT2D eigenvalue weighted by molar-refractivity contribution is -0.00264. The van der Waals surface area contributed by atoms with E-state index in [1.165, 1.54) is 6.26 Å². The van der Waals surface area contributed by atoms with Crippen LogP contribution in [0.3, 0.4) is 0 Å². The van der Waals surface area contributed by atoms with Gasteiger partial charge in [0.15, 0.2) is 0 Å². The van der Waals surface area contributed by atoms with Crippen molar-refractivity contribution in [2.75, 3.05) is 0 Å². The molecular weight excluding hydrogens is 366 g/mol. The summed E-state index contributed by atoms with van der Waals surface area (Å²) in [5, 5.41) is 10.5. The van der Waals surface area contributed by atoms with E-state index in [1.54, 1.807) is 17.1 Å². The molecule has 5 nitrogen and oxygen atoms in total. The zero-order valence-corrected chi connectivity index (χ0v) is 18.5. The molecule has 0 aliphatic heterocycles. The van der Waals surface area contributed by atoms with Crippen LogP contribution in [0.4, 0.5) is 4.79 Å². The largest absolute Gasteiger partial charge is 0.418 e. The van der Waals surface area contributed by atoms with Gasteiger partial charge in [0.25, 0.3) is 0 Å². The van der Waals surface area contributed by atoms with E-state index in [0.717, 1.165) is 5.56 Å². The Morgan fingerprint density at radius 1 is 1.14 bits per heavy atom. The molecule has 0 unspecified atom stereocenters. The summed E-state index contributed by atoms with van der Waals surface area (Å²) in [6.07, 6.45) is 4.90. The third kappa shape index (κ3) is 9.29. The second-order valence-electron chi connectivity index (χ2n) is 7.91. The van der Waals surface area contributed by atoms with E-state index in [-0.39, 0.29) is 30.2 Å². The smallest absolute Gasteiger partial charge is 0.415 e. The molecule has 0 saturated heterocycles. The monoisotopic (exact) mass is 403 g/mol. The molecule has 1 N–H and O–H groups in total. The number of carbonyl (C=O) groups is 1. The van der Waals surface area contributed by atoms with Crippen LogP contribution in [0.1, 0.15) is 53.0 Å². The van der Waals surface area contributed by atoms with Gasteiger partial charge in [-0.05, 0) is 45.8 Å². The molecule has 0 saturated carbocycles. The first kappa shape index (κ1) is 24.9. The van der Waals surface area contributed by atoms with E-state index in [9.17, 15) is 9.90 Å². The van der Waals surface area contributed by atoms with Crippen LogP contribution in [0, 0.1) is 5.92 Å². The van der Waals surface area contributed by atoms with Gasteiger partial charge in [-0.15, -0.1) is 6.58 Å². The van der Waals surface area contributed by atoms with Crippen LogP contribution >= 0.6 is 0 Å². The first-order valence-electron chi connectivity index (χ1n) is 10.4. The van der Waals surface area contributed by atoms with Crippen molar-refractivity contribution in [3.8, 4) is 0 Å². The topological polar surface area (TPSA) is 59.0 Å². The molecule has 0 radical (unpaired) electrons. The SMILES string of the molecule is C=CC[C@H](C[C@@H](O)[C@@H](C)/C=C\OC(=O)N(C(C)C)C(C)C)OCc1ccccc1. The van der Waals surface area contributed by atoms with Crippen LogP contribution in [-0.4, -0.2) is 40.4 Å². The minimum Gasteiger partial charge on any atom is -0.418 e. The van der Waals surface area contributed by atoms with Crippen LogP contribution in [0.5, 0.6) is 0 Å². The van der Waals surface area contributed by atoms with Crippen LogP contribution < -0.4 is 0 Å². The summed E-state index contributed by atoms with van der Waals surface area (Å²) in [6, 6.07) is 10.1. The standard InChI is InChI=1S/C24H37NO4/c1-7-11-22(29-17-21-12-9-8-10-13-21)16-23(26)20(6)14-15-28-24(27)25(18(2)3)19(4)5/h7-10,12-15,18-20,22-23,26H,1,11,16-17H2,2-6H3/b15-14-/t20-,22+,23+/m0/s1. The van der Waals surface area contributed by atoms with Gasteiger partial charge in [0.1, 0.15) is 0 Å². The first-order valence-corrected chi connectivity index (χ1v) is 10.4. The highest BCUT2D eigenvalue weighted by atomic mass is 16.5. The summed E-state index contributed by atoms with van der Waals surface area (Å²) in [5.41, 5.74) is 1.09. The molecule has 0 spiro atoms. The molecule has 162 valence electrons. The van der Waals surface area contributed by atoms with Gasteiger partial charge in [0.05, 0.1) is 25.1 Å². The number of hydrogen-bond acceptors (Lipinski definition) is 4. The lowest BCUT2D eigenvalue weighted by atomic mass is 9.98. The molecule has 0 bridgehead atoms. The summed E-state index contributed by atoms with van der Waals surface area (Å²) in [6.45, 7) is 14.0. The number of aliphatic hydroxyl groups excluding tert-OH is 1. The van der Waals surface area contributed by atoms with Crippen LogP contribution in [0.15, 0.2) is 55.3 Å². The number of ether oxygens (including phenoxy) is 2. The minimum atomic E-state index is -0.614. The predicted molar refractivity (Wildman–Crippen MR) is 117 cm³/mol. The van der Waals surface area contributed by atoms with Gasteiger partial charge in [-0.1, -0.05) is 43.3 Å². The zero-order chi connectivity index (χ0) is 21.8. The average molecular weight is 404 g/mol. The molecule has 5 heteroatoms. The zero-order valence-electron chi connectivity index (χ0n) is 18.5. The number of aliphatic hydroxyl groups is 1. The maximum Gasteiger partial charge on any atom is 0.415 e. The van der Waals surface area contributed by atoms with Crippen molar-refractivity contribution in [3.05, 3.63) is 60.9 Å². The number of carbonyl (C=O) groups excluding carboxylic acids is 1. The van der Waals surface area contributed by atoms with Crippen molar-refractivity contribution in [1.82, 2.24) is 4.90 Å². The second-order valence-corrected chi connectivity index (χ2v) is 7.91. The predicted octanol–water partition coefficient (Wildman–Crippen LogP) is 5.30. The maximum absolute atomic E-state index is 12.2. The Labute approximate surface area is 176 Å². The summed E-state index contributed by atoms with van der Waals surface area (Å²) in [5.74, 6) is -0.179. The third-order valence-electron chi connectivity index (χ3n) is 4.74. The normalized spacial score (nSPS) is 14.8. The highest BCUT2D eigenvalue weighted by Gasteiger charge is 2.22. The molecule has 0 aromatic heterocycles. The second kappa shape index (κ2) is 13.2. The van der Waals surface area contributed by atoms with Crippen LogP contribution in [0.2, 0.25) is 0 Å². The quantitative estimate of drug-likeness (QED) is 0.380. The van der Waals surface area contributed by atoms with Gasteiger partial charge >= 0.3 is 6.09 Å². The number of amides is 1. The van der Waals surface area contributed by atoms with Gasteiger partial charge in [-0.25, -0.2) is 4.79 Å². The van der Waals surface area contributed by atoms with E-state index < -0.39 is 6.10 Å². The average Bonchev–Trinajstić information content (AvgIpc) is 2.66. The molecule has 0 aliphatic rings. The van der Waals surface area contributed by atoms with Gasteiger partial charge in [0, 0.05) is 24.4 Å². The number of rotatable bonds is 12. The fourth-order valence-electron chi connectivity index (χ4n) is 3.12. The van der Waals surface area contributed by atoms with E-state index in [0.29, 0.717) is 19.4 Å². The van der Waals surface area contributed by atoms with E-state index in [2.05, 4.69) is 6.58 Å². The molecular formula is C24H37NO4. The Balaban J connectivity index is 2.54. The van der Waals surface area contributed by atoms with Crippen molar-refractivity contribution >= 4 is 6.09 Å². The number of hydrogen-bond donors (Lipinski definition) is 1. The summed E-state index contributed by atoms with van der Waals surface area (Å²) in [7, 11) is 0. The fraction of sp³-hybridized carbons (Fsp3) is 0.542. The number of benzene rings is 1. The number of nitrogens with zero attached hydrogens (tertiary/aromatic N) is 1. The maximum atomic E-state index is 12.2. The Hall–Kier alpha value is -2.11. The van der Waals surface area contributed by atoms with E-state index in [4.69, 9.17) is 9.47 Å². The van der Waals surface area contributed by atoms with Crippen molar-refractivity contribution in [2.24, 2.45) is 5.92 Å². The molecule has 1 aromatic rings. The highest BCUT2D eigenvalue weighted by molar-refractivity contribution is 5.68. The first-order chi connectivity index (χ1) is 13.8. The molecule has 29 heavy (non-hydrogen) atoms. The van der Waals surface area contributed by atoms with Gasteiger partial charge in [-0.2, -0.15) is 0 Å². The summed E-state index contributed by atoms with van der Waals surface area (Å²) in [4.78, 5) is 13.9. The fourth-order valence-corrected chi connectivity index (χ4v) is 3.12. The van der Waals surface area contributed by atoms with Gasteiger partial charge in [0.2, 0.25) is 0 Å². The third-order valence-corrected chi connectivity index (χ3v) is 4.74. The van der Waals surface area contributed by atoms with Crippen molar-refractivity contribution < 1.29 is 19.4 Å². The van der Waals surface area contributed by atoms with Crippen molar-refractivity contribution in [1.29, 1.82) is 0 Å². The lowest BCUT2D eigenvalue weighted by Gasteiger charge is -2.29. The molecule has 1 amide bonds. The summed E-state index contributed by atoms with van der Waals surface area (Å²) >= 11 is 0. The Kier molecular flexibility index (Phi) is 11.3. The Bertz CT molecular complexity index is 619. The Morgan fingerprint density at radius 3 is 2.31 bits per heavy atom. The molecule has 1 aromatic carbocycles. The lowest BCUT2D eigenvalue weighted by Crippen LogP contribution is -2.41. The molecule has 1 rings (SSSR count). The summed E-state index contributed by atoms with van der Waals surface area (Å²) < 4.78 is 11.2. The van der Waals surface area contributed by atoms with Crippen molar-refractivity contribution in [2.45, 2.75) is 78.4 Å². The molecule has 0 heterocycles. The molecule has 3 atom stereocenters. The van der Waals surface area contributed by atoms with E-state index >= 15 is 0 Å². The van der Waals surface area contributed by atoms with Gasteiger partial charge in [-0.3, -0.25) is 0 Å². The van der Waals surface area contributed by atoms with Gasteiger partial charge < -0.3 is 19.5 Å². The van der Waals surface area contributed by atoms with Crippen LogP contribution in [0.25, 0.3) is 0 Å². The van der Waals surface area contributed by atoms with Crippen molar-refractivity contribution in [3.63, 3.8) is 0 Å². The Morgan fingerprint density at radius 2 is 1.76 bits per heavy atom. The molecule has 0 aliphatic carbocycles. The minimum absolute atomic E-state index is 0.0559. The highest BCUT2D eigenvalue weighted by Crippen LogP contribution is 2.17.